The van der Waals surface area contributed by atoms with Gasteiger partial charge in [0.25, 0.3) is 11.8 Å². The highest BCUT2D eigenvalue weighted by Gasteiger charge is 2.39. The van der Waals surface area contributed by atoms with Gasteiger partial charge in [-0.1, -0.05) is 36.4 Å². The van der Waals surface area contributed by atoms with Gasteiger partial charge in [-0.2, -0.15) is 0 Å². The van der Waals surface area contributed by atoms with E-state index in [1.165, 1.54) is 0 Å². The Balaban J connectivity index is 1.67. The quantitative estimate of drug-likeness (QED) is 0.661. The standard InChI is InChI=1S/C20H22N2O4/c23-16-12-11-15(21-19(25)13-7-3-1-4-8-13)18(24)17(16)22-20(26)14-9-5-2-6-10-14/h1-10,15-18,23-24H,11-12H2,(H,21,25)(H,22,26)/t15-,16+,17+,18+/m1/s1. The summed E-state index contributed by atoms with van der Waals surface area (Å²) in [5.74, 6) is -0.664. The second-order valence-electron chi connectivity index (χ2n) is 6.45. The number of carbonyl (C=O) groups is 2. The highest BCUT2D eigenvalue weighted by atomic mass is 16.3. The zero-order valence-corrected chi connectivity index (χ0v) is 14.2. The van der Waals surface area contributed by atoms with E-state index in [1.54, 1.807) is 54.6 Å². The molecule has 1 aliphatic rings. The second-order valence-corrected chi connectivity index (χ2v) is 6.45. The molecule has 0 radical (unpaired) electrons. The van der Waals surface area contributed by atoms with Crippen molar-refractivity contribution >= 4 is 11.8 Å². The predicted molar refractivity (Wildman–Crippen MR) is 96.6 cm³/mol. The summed E-state index contributed by atoms with van der Waals surface area (Å²) >= 11 is 0. The van der Waals surface area contributed by atoms with Crippen molar-refractivity contribution in [1.29, 1.82) is 0 Å². The average Bonchev–Trinajstić information content (AvgIpc) is 2.68. The monoisotopic (exact) mass is 354 g/mol. The first-order valence-electron chi connectivity index (χ1n) is 8.64. The summed E-state index contributed by atoms with van der Waals surface area (Å²) in [6.07, 6.45) is -1.16. The molecule has 1 aliphatic carbocycles. The number of hydrogen-bond donors (Lipinski definition) is 4. The fraction of sp³-hybridized carbons (Fsp3) is 0.300. The van der Waals surface area contributed by atoms with Crippen molar-refractivity contribution in [3.05, 3.63) is 71.8 Å². The number of carbonyl (C=O) groups excluding carboxylic acids is 2. The molecule has 3 rings (SSSR count). The van der Waals surface area contributed by atoms with Crippen LogP contribution in [0.15, 0.2) is 60.7 Å². The fourth-order valence-electron chi connectivity index (χ4n) is 3.18. The van der Waals surface area contributed by atoms with Crippen molar-refractivity contribution in [2.75, 3.05) is 0 Å². The van der Waals surface area contributed by atoms with Crippen molar-refractivity contribution in [3.8, 4) is 0 Å². The molecule has 2 aromatic carbocycles. The maximum Gasteiger partial charge on any atom is 0.251 e. The molecule has 0 unspecified atom stereocenters. The number of rotatable bonds is 4. The lowest BCUT2D eigenvalue weighted by Crippen LogP contribution is -2.61. The van der Waals surface area contributed by atoms with Crippen LogP contribution in [0.3, 0.4) is 0 Å². The van der Waals surface area contributed by atoms with Crippen LogP contribution in [-0.4, -0.2) is 46.3 Å². The van der Waals surface area contributed by atoms with Gasteiger partial charge in [-0.25, -0.2) is 0 Å². The maximum absolute atomic E-state index is 12.3. The summed E-state index contributed by atoms with van der Waals surface area (Å²) in [6.45, 7) is 0. The summed E-state index contributed by atoms with van der Waals surface area (Å²) in [4.78, 5) is 24.7. The van der Waals surface area contributed by atoms with Crippen LogP contribution < -0.4 is 10.6 Å². The number of aliphatic hydroxyl groups excluding tert-OH is 2. The molecule has 0 bridgehead atoms. The molecule has 4 N–H and O–H groups in total. The molecule has 0 aromatic heterocycles. The van der Waals surface area contributed by atoms with E-state index in [0.717, 1.165) is 0 Å². The number of hydrogen-bond acceptors (Lipinski definition) is 4. The molecule has 2 amide bonds. The number of nitrogens with one attached hydrogen (secondary N) is 2. The number of benzene rings is 2. The molecule has 2 aromatic rings. The van der Waals surface area contributed by atoms with Gasteiger partial charge >= 0.3 is 0 Å². The molecule has 6 heteroatoms. The van der Waals surface area contributed by atoms with Crippen molar-refractivity contribution in [3.63, 3.8) is 0 Å². The highest BCUT2D eigenvalue weighted by Crippen LogP contribution is 2.21. The summed E-state index contributed by atoms with van der Waals surface area (Å²) < 4.78 is 0. The summed E-state index contributed by atoms with van der Waals surface area (Å²) in [6, 6.07) is 15.9. The van der Waals surface area contributed by atoms with E-state index in [0.29, 0.717) is 24.0 Å². The van der Waals surface area contributed by atoms with Gasteiger partial charge in [0.1, 0.15) is 0 Å². The van der Waals surface area contributed by atoms with Gasteiger partial charge in [0.05, 0.1) is 24.3 Å². The van der Waals surface area contributed by atoms with Crippen LogP contribution in [0.5, 0.6) is 0 Å². The van der Waals surface area contributed by atoms with Crippen LogP contribution in [0.4, 0.5) is 0 Å². The molecule has 0 saturated heterocycles. The first-order chi connectivity index (χ1) is 12.6. The predicted octanol–water partition coefficient (Wildman–Crippen LogP) is 1.10. The van der Waals surface area contributed by atoms with E-state index in [2.05, 4.69) is 10.6 Å². The van der Waals surface area contributed by atoms with Crippen molar-refractivity contribution in [2.24, 2.45) is 0 Å². The molecule has 0 spiro atoms. The normalized spacial score (nSPS) is 25.3. The summed E-state index contributed by atoms with van der Waals surface area (Å²) in [7, 11) is 0. The third kappa shape index (κ3) is 4.09. The molecule has 6 nitrogen and oxygen atoms in total. The topological polar surface area (TPSA) is 98.7 Å². The van der Waals surface area contributed by atoms with Crippen LogP contribution in [0.1, 0.15) is 33.6 Å². The SMILES string of the molecule is O=C(N[C@@H]1[C@@H](O)[C@H](NC(=O)c2ccccc2)CC[C@@H]1O)c1ccccc1. The summed E-state index contributed by atoms with van der Waals surface area (Å²) in [5.41, 5.74) is 0.943. The smallest absolute Gasteiger partial charge is 0.251 e. The molecule has 136 valence electrons. The van der Waals surface area contributed by atoms with Crippen LogP contribution in [0, 0.1) is 0 Å². The minimum absolute atomic E-state index is 0.292. The van der Waals surface area contributed by atoms with Gasteiger partial charge in [-0.3, -0.25) is 9.59 Å². The van der Waals surface area contributed by atoms with Crippen molar-refractivity contribution in [2.45, 2.75) is 37.1 Å². The van der Waals surface area contributed by atoms with Gasteiger partial charge in [0.2, 0.25) is 0 Å². The third-order valence-electron chi connectivity index (χ3n) is 4.65. The minimum Gasteiger partial charge on any atom is -0.391 e. The molecule has 1 saturated carbocycles. The van der Waals surface area contributed by atoms with E-state index in [4.69, 9.17) is 0 Å². The highest BCUT2D eigenvalue weighted by molar-refractivity contribution is 5.95. The lowest BCUT2D eigenvalue weighted by Gasteiger charge is -2.38. The van der Waals surface area contributed by atoms with E-state index >= 15 is 0 Å². The van der Waals surface area contributed by atoms with Gasteiger partial charge in [-0.05, 0) is 37.1 Å². The van der Waals surface area contributed by atoms with Crippen LogP contribution in [0.25, 0.3) is 0 Å². The lowest BCUT2D eigenvalue weighted by molar-refractivity contribution is -0.0158. The van der Waals surface area contributed by atoms with Crippen molar-refractivity contribution < 1.29 is 19.8 Å². The van der Waals surface area contributed by atoms with Gasteiger partial charge in [0.15, 0.2) is 0 Å². The van der Waals surface area contributed by atoms with Gasteiger partial charge in [-0.15, -0.1) is 0 Å². The Labute approximate surface area is 151 Å². The average molecular weight is 354 g/mol. The second kappa shape index (κ2) is 8.12. The van der Waals surface area contributed by atoms with Crippen LogP contribution in [-0.2, 0) is 0 Å². The largest absolute Gasteiger partial charge is 0.391 e. The van der Waals surface area contributed by atoms with Crippen LogP contribution >= 0.6 is 0 Å². The van der Waals surface area contributed by atoms with Gasteiger partial charge < -0.3 is 20.8 Å². The third-order valence-corrected chi connectivity index (χ3v) is 4.65. The Morgan fingerprint density at radius 1 is 0.769 bits per heavy atom. The van der Waals surface area contributed by atoms with Crippen LogP contribution in [0.2, 0.25) is 0 Å². The fourth-order valence-corrected chi connectivity index (χ4v) is 3.18. The maximum atomic E-state index is 12.3. The molecule has 0 heterocycles. The molecule has 4 atom stereocenters. The first kappa shape index (κ1) is 18.1. The molecular formula is C20H22N2O4. The minimum atomic E-state index is -1.08. The zero-order chi connectivity index (χ0) is 18.5. The first-order valence-corrected chi connectivity index (χ1v) is 8.64. The Morgan fingerprint density at radius 3 is 1.81 bits per heavy atom. The van der Waals surface area contributed by atoms with Crippen molar-refractivity contribution in [1.82, 2.24) is 10.6 Å². The van der Waals surface area contributed by atoms with E-state index < -0.39 is 24.3 Å². The number of amides is 2. The Morgan fingerprint density at radius 2 is 1.27 bits per heavy atom. The van der Waals surface area contributed by atoms with Gasteiger partial charge in [0, 0.05) is 11.1 Å². The van der Waals surface area contributed by atoms with E-state index in [9.17, 15) is 19.8 Å². The molecule has 26 heavy (non-hydrogen) atoms. The number of aliphatic hydroxyl groups is 2. The zero-order valence-electron chi connectivity index (χ0n) is 14.2. The Bertz CT molecular complexity index is 751. The molecular weight excluding hydrogens is 332 g/mol. The molecule has 1 fully saturated rings. The molecule has 0 aliphatic heterocycles. The summed E-state index contributed by atoms with van der Waals surface area (Å²) in [5, 5.41) is 26.3. The van der Waals surface area contributed by atoms with E-state index in [-0.39, 0.29) is 11.8 Å². The lowest BCUT2D eigenvalue weighted by atomic mass is 9.85. The van der Waals surface area contributed by atoms with E-state index in [1.807, 2.05) is 6.07 Å². The Kier molecular flexibility index (Phi) is 5.65. The Hall–Kier alpha value is -2.70.